The highest BCUT2D eigenvalue weighted by atomic mass is 19.4. The monoisotopic (exact) mass is 357 g/mol. The van der Waals surface area contributed by atoms with Gasteiger partial charge in [-0.3, -0.25) is 4.79 Å². The van der Waals surface area contributed by atoms with Crippen LogP contribution >= 0.6 is 0 Å². The second-order valence-corrected chi connectivity index (χ2v) is 4.99. The molecule has 1 aromatic carbocycles. The number of nitrogens with one attached hydrogen (secondary N) is 1. The summed E-state index contributed by atoms with van der Waals surface area (Å²) in [5, 5.41) is 10.4. The van der Waals surface area contributed by atoms with Crippen LogP contribution in [0.4, 0.5) is 31.1 Å². The number of rotatable bonds is 2. The minimum absolute atomic E-state index is 0.0882. The molecule has 0 bridgehead atoms. The lowest BCUT2D eigenvalue weighted by atomic mass is 9.92. The van der Waals surface area contributed by atoms with Crippen LogP contribution in [0.25, 0.3) is 0 Å². The number of halogens is 6. The number of hydrogen-bond acceptors (Lipinski definition) is 3. The Hall–Kier alpha value is -2.30. The summed E-state index contributed by atoms with van der Waals surface area (Å²) in [6.07, 6.45) is -12.7. The van der Waals surface area contributed by atoms with E-state index in [0.717, 1.165) is 0 Å². The molecule has 1 aromatic rings. The molecule has 24 heavy (non-hydrogen) atoms. The summed E-state index contributed by atoms with van der Waals surface area (Å²) in [6, 6.07) is -1.26. The van der Waals surface area contributed by atoms with Gasteiger partial charge in [0, 0.05) is 18.1 Å². The Labute approximate surface area is 130 Å². The molecule has 1 saturated heterocycles. The van der Waals surface area contributed by atoms with E-state index in [4.69, 9.17) is 5.11 Å². The molecular formula is C13H9F6NO4. The van der Waals surface area contributed by atoms with Crippen molar-refractivity contribution in [2.24, 2.45) is 0 Å². The Morgan fingerprint density at radius 1 is 1.17 bits per heavy atom. The maximum Gasteiger partial charge on any atom is 0.421 e. The van der Waals surface area contributed by atoms with Crippen molar-refractivity contribution in [3.05, 3.63) is 35.1 Å². The highest BCUT2D eigenvalue weighted by Gasteiger charge is 2.52. The van der Waals surface area contributed by atoms with Crippen molar-refractivity contribution in [2.45, 2.75) is 30.8 Å². The van der Waals surface area contributed by atoms with E-state index in [1.54, 1.807) is 5.32 Å². The topological polar surface area (TPSA) is 75.6 Å². The molecule has 1 aliphatic heterocycles. The van der Waals surface area contributed by atoms with Gasteiger partial charge in [-0.25, -0.2) is 18.0 Å². The fraction of sp³-hybridized carbons (Fsp3) is 0.385. The minimum Gasteiger partial charge on any atom is -0.465 e. The van der Waals surface area contributed by atoms with Crippen molar-refractivity contribution in [2.75, 3.05) is 0 Å². The summed E-state index contributed by atoms with van der Waals surface area (Å²) >= 11 is 0. The zero-order valence-corrected chi connectivity index (χ0v) is 11.5. The number of carboxylic acid groups (broad SMARTS) is 1. The molecule has 2 rings (SSSR count). The Balaban J connectivity index is 2.46. The molecule has 3 atom stereocenters. The molecule has 11 heteroatoms. The van der Waals surface area contributed by atoms with Crippen LogP contribution < -0.4 is 5.32 Å². The summed E-state index contributed by atoms with van der Waals surface area (Å²) in [4.78, 5) is 22.2. The molecule has 5 nitrogen and oxygen atoms in total. The molecule has 0 saturated carbocycles. The molecular weight excluding hydrogens is 348 g/mol. The first-order valence-electron chi connectivity index (χ1n) is 6.39. The summed E-state index contributed by atoms with van der Waals surface area (Å²) in [7, 11) is 0. The molecule has 1 amide bonds. The fourth-order valence-electron chi connectivity index (χ4n) is 2.34. The molecule has 0 spiro atoms. The number of carbonyl (C=O) groups excluding carboxylic acids is 1. The smallest absolute Gasteiger partial charge is 0.421 e. The molecule has 2 N–H and O–H groups in total. The fourth-order valence-corrected chi connectivity index (χ4v) is 2.34. The van der Waals surface area contributed by atoms with Crippen molar-refractivity contribution < 1.29 is 45.8 Å². The van der Waals surface area contributed by atoms with Crippen LogP contribution in [-0.4, -0.2) is 35.3 Å². The minimum atomic E-state index is -5.13. The predicted octanol–water partition coefficient (Wildman–Crippen LogP) is 2.70. The first-order chi connectivity index (χ1) is 11.0. The number of hydrogen-bond donors (Lipinski definition) is 2. The highest BCUT2D eigenvalue weighted by molar-refractivity contribution is 5.86. The molecule has 0 radical (unpaired) electrons. The lowest BCUT2D eigenvalue weighted by molar-refractivity contribution is -0.239. The van der Waals surface area contributed by atoms with Crippen molar-refractivity contribution >= 4 is 11.9 Å². The van der Waals surface area contributed by atoms with Crippen molar-refractivity contribution in [3.63, 3.8) is 0 Å². The Morgan fingerprint density at radius 3 is 2.29 bits per heavy atom. The van der Waals surface area contributed by atoms with Crippen LogP contribution in [0, 0.1) is 17.5 Å². The van der Waals surface area contributed by atoms with Gasteiger partial charge < -0.3 is 15.2 Å². The largest absolute Gasteiger partial charge is 0.465 e. The molecule has 1 fully saturated rings. The second-order valence-electron chi connectivity index (χ2n) is 4.99. The lowest BCUT2D eigenvalue weighted by Crippen LogP contribution is -2.53. The third kappa shape index (κ3) is 3.61. The van der Waals surface area contributed by atoms with Crippen molar-refractivity contribution in [1.29, 1.82) is 0 Å². The number of ketones is 1. The predicted molar refractivity (Wildman–Crippen MR) is 64.6 cm³/mol. The van der Waals surface area contributed by atoms with Gasteiger partial charge in [0.15, 0.2) is 17.4 Å². The van der Waals surface area contributed by atoms with E-state index in [0.29, 0.717) is 0 Å². The van der Waals surface area contributed by atoms with Gasteiger partial charge in [-0.15, -0.1) is 0 Å². The number of benzene rings is 1. The van der Waals surface area contributed by atoms with Crippen LogP contribution in [0.2, 0.25) is 0 Å². The third-order valence-electron chi connectivity index (χ3n) is 3.31. The second kappa shape index (κ2) is 6.30. The highest BCUT2D eigenvalue weighted by Crippen LogP contribution is 2.38. The molecule has 132 valence electrons. The van der Waals surface area contributed by atoms with Gasteiger partial charge in [-0.2, -0.15) is 13.2 Å². The van der Waals surface area contributed by atoms with E-state index in [2.05, 4.69) is 4.74 Å². The molecule has 1 heterocycles. The van der Waals surface area contributed by atoms with Crippen molar-refractivity contribution in [1.82, 2.24) is 5.32 Å². The number of alkyl halides is 3. The molecule has 1 aliphatic rings. The normalized spacial score (nSPS) is 24.8. The van der Waals surface area contributed by atoms with Gasteiger partial charge in [0.1, 0.15) is 11.9 Å². The molecule has 1 unspecified atom stereocenters. The average Bonchev–Trinajstić information content (AvgIpc) is 2.41. The standard InChI is InChI=1S/C13H9F6NO4/c14-5-2-7(16)6(15)1-4(5)10-8(20-12(22)23)3-9(21)11(24-10)13(17,18)19/h1-2,8,10-11,20H,3H2,(H,22,23)/t8-,10+,11?/m0/s1. The van der Waals surface area contributed by atoms with Crippen LogP contribution in [0.1, 0.15) is 18.1 Å². The van der Waals surface area contributed by atoms with Gasteiger partial charge in [0.05, 0.1) is 6.04 Å². The Kier molecular flexibility index (Phi) is 4.74. The Morgan fingerprint density at radius 2 is 1.75 bits per heavy atom. The number of carbonyl (C=O) groups is 2. The van der Waals surface area contributed by atoms with E-state index >= 15 is 0 Å². The van der Waals surface area contributed by atoms with Gasteiger partial charge in [0.2, 0.25) is 6.10 Å². The number of ether oxygens (including phenoxy) is 1. The third-order valence-corrected chi connectivity index (χ3v) is 3.31. The van der Waals surface area contributed by atoms with Gasteiger partial charge >= 0.3 is 12.3 Å². The van der Waals surface area contributed by atoms with E-state index in [-0.39, 0.29) is 12.1 Å². The van der Waals surface area contributed by atoms with E-state index in [9.17, 15) is 35.9 Å². The number of amides is 1. The lowest BCUT2D eigenvalue weighted by Gasteiger charge is -2.36. The van der Waals surface area contributed by atoms with Crippen LogP contribution in [0.15, 0.2) is 12.1 Å². The summed E-state index contributed by atoms with van der Waals surface area (Å²) in [5.41, 5.74) is -0.839. The zero-order valence-electron chi connectivity index (χ0n) is 11.5. The van der Waals surface area contributed by atoms with E-state index < -0.39 is 65.7 Å². The quantitative estimate of drug-likeness (QED) is 0.630. The zero-order chi connectivity index (χ0) is 18.2. The van der Waals surface area contributed by atoms with Crippen LogP contribution in [0.3, 0.4) is 0 Å². The van der Waals surface area contributed by atoms with E-state index in [1.807, 2.05) is 0 Å². The molecule has 0 aliphatic carbocycles. The maximum absolute atomic E-state index is 13.8. The van der Waals surface area contributed by atoms with Crippen LogP contribution in [0.5, 0.6) is 0 Å². The summed E-state index contributed by atoms with van der Waals surface area (Å²) in [5.74, 6) is -6.06. The van der Waals surface area contributed by atoms with E-state index in [1.165, 1.54) is 0 Å². The molecule has 0 aromatic heterocycles. The van der Waals surface area contributed by atoms with Crippen molar-refractivity contribution in [3.8, 4) is 0 Å². The maximum atomic E-state index is 13.8. The first kappa shape index (κ1) is 18.0. The summed E-state index contributed by atoms with van der Waals surface area (Å²) in [6.45, 7) is 0. The summed E-state index contributed by atoms with van der Waals surface area (Å²) < 4.78 is 83.0. The Bertz CT molecular complexity index is 677. The number of Topliss-reactive ketones (excluding diaryl/α,β-unsaturated/α-hetero) is 1. The average molecular weight is 357 g/mol. The SMILES string of the molecule is O=C(O)N[C@H]1CC(=O)C(C(F)(F)F)O[C@@H]1c1cc(F)c(F)cc1F. The van der Waals surface area contributed by atoms with Crippen LogP contribution in [-0.2, 0) is 9.53 Å². The van der Waals surface area contributed by atoms with Gasteiger partial charge in [0.25, 0.3) is 0 Å². The van der Waals surface area contributed by atoms with Gasteiger partial charge in [-0.1, -0.05) is 0 Å². The van der Waals surface area contributed by atoms with Gasteiger partial charge in [-0.05, 0) is 6.07 Å². The first-order valence-corrected chi connectivity index (χ1v) is 6.39.